The number of amides is 3. The maximum atomic E-state index is 14.1. The first-order valence-electron chi connectivity index (χ1n) is 22.6. The largest absolute Gasteiger partial charge is 0.620 e. The Hall–Kier alpha value is -5.53. The molecule has 3 aromatic carbocycles. The number of hydrogen-bond donors (Lipinski definition) is 3. The maximum absolute atomic E-state index is 14.1. The highest BCUT2D eigenvalue weighted by Crippen LogP contribution is 2.43. The lowest BCUT2D eigenvalue weighted by molar-refractivity contribution is -0.144. The van der Waals surface area contributed by atoms with E-state index in [0.717, 1.165) is 22.1 Å². The molecule has 3 amide bonds. The van der Waals surface area contributed by atoms with Crippen LogP contribution in [0.1, 0.15) is 77.0 Å². The monoisotopic (exact) mass is 993 g/mol. The van der Waals surface area contributed by atoms with E-state index in [1.54, 1.807) is 54.7 Å². The van der Waals surface area contributed by atoms with E-state index in [-0.39, 0.29) is 56.0 Å². The minimum atomic E-state index is -4.82. The smallest absolute Gasteiger partial charge is 0.417 e. The van der Waals surface area contributed by atoms with Crippen molar-refractivity contribution in [2.45, 2.75) is 96.7 Å². The average molecular weight is 994 g/mol. The normalized spacial score (nSPS) is 19.6. The summed E-state index contributed by atoms with van der Waals surface area (Å²) in [5.74, 6) is -0.757. The van der Waals surface area contributed by atoms with Crippen LogP contribution in [0.5, 0.6) is 5.75 Å². The molecule has 1 aromatic heterocycles. The molecule has 2 aliphatic rings. The third-order valence-electron chi connectivity index (χ3n) is 11.8. The minimum absolute atomic E-state index is 0.0330. The van der Waals surface area contributed by atoms with E-state index in [1.165, 1.54) is 28.4 Å². The molecule has 0 aliphatic carbocycles. The van der Waals surface area contributed by atoms with Crippen LogP contribution in [0.25, 0.3) is 10.4 Å². The number of carbonyl (C=O) groups is 3. The van der Waals surface area contributed by atoms with Gasteiger partial charge in [-0.15, -0.1) is 11.3 Å². The van der Waals surface area contributed by atoms with Crippen LogP contribution in [-0.2, 0) is 36.6 Å². The van der Waals surface area contributed by atoms with Crippen molar-refractivity contribution in [3.63, 3.8) is 0 Å². The number of nitriles is 1. The van der Waals surface area contributed by atoms with E-state index in [1.807, 2.05) is 45.0 Å². The SMILES string of the molecule is CC(C)(C)C(NC(=O)COCCCOCCCCOc1ccc(N2C(=S)[N+]([O-])(c3ccc(C#N)c(C(F)(F)F)c3)CC2(C)C)cc1)C(=O)N1C[C@H](O)C[C@H]1C(=O)NCc1ccc(-c2cncs2)cc1. The zero-order chi connectivity index (χ0) is 50.1. The number of hydroxylamine groups is 2. The zero-order valence-corrected chi connectivity index (χ0v) is 40.8. The summed E-state index contributed by atoms with van der Waals surface area (Å²) in [6.07, 6.45) is -1.89. The first-order chi connectivity index (χ1) is 32.6. The quantitative estimate of drug-likeness (QED) is 0.0343. The lowest BCUT2D eigenvalue weighted by Crippen LogP contribution is -2.58. The lowest BCUT2D eigenvalue weighted by Gasteiger charge is -2.37. The van der Waals surface area contributed by atoms with Gasteiger partial charge < -0.3 is 40.1 Å². The lowest BCUT2D eigenvalue weighted by atomic mass is 9.85. The molecule has 15 nitrogen and oxygen atoms in total. The van der Waals surface area contributed by atoms with E-state index in [2.05, 4.69) is 15.6 Å². The number of carbonyl (C=O) groups excluding carboxylic acids is 3. The van der Waals surface area contributed by atoms with Crippen molar-refractivity contribution >= 4 is 57.8 Å². The summed E-state index contributed by atoms with van der Waals surface area (Å²) in [5, 5.41) is 39.4. The van der Waals surface area contributed by atoms with E-state index >= 15 is 0 Å². The van der Waals surface area contributed by atoms with Gasteiger partial charge in [0.05, 0.1) is 45.8 Å². The molecule has 2 fully saturated rings. The molecule has 4 atom stereocenters. The van der Waals surface area contributed by atoms with Gasteiger partial charge in [0, 0.05) is 75.6 Å². The van der Waals surface area contributed by atoms with Crippen LogP contribution in [0.4, 0.5) is 24.5 Å². The second-order valence-electron chi connectivity index (χ2n) is 18.8. The zero-order valence-electron chi connectivity index (χ0n) is 39.2. The Labute approximate surface area is 409 Å². The summed E-state index contributed by atoms with van der Waals surface area (Å²) in [7, 11) is 0. The molecule has 0 spiro atoms. The number of halogens is 3. The molecular formula is C49H58F3N7O8S2. The number of ether oxygens (including phenoxy) is 3. The molecule has 0 radical (unpaired) electrons. The number of hydrogen-bond acceptors (Lipinski definition) is 12. The van der Waals surface area contributed by atoms with Crippen molar-refractivity contribution in [2.24, 2.45) is 5.41 Å². The second-order valence-corrected chi connectivity index (χ2v) is 20.0. The van der Waals surface area contributed by atoms with Gasteiger partial charge in [-0.1, -0.05) is 45.0 Å². The van der Waals surface area contributed by atoms with Crippen molar-refractivity contribution in [2.75, 3.05) is 51.0 Å². The van der Waals surface area contributed by atoms with Crippen LogP contribution in [-0.4, -0.2) is 108 Å². The number of aromatic nitrogens is 1. The van der Waals surface area contributed by atoms with Crippen LogP contribution >= 0.6 is 23.6 Å². The first-order valence-corrected chi connectivity index (χ1v) is 23.9. The number of β-amino-alcohol motifs (C(OH)–C–C–N with tert-alkyl or cyclic N) is 1. The summed E-state index contributed by atoms with van der Waals surface area (Å²) in [6, 6.07) is 17.3. The number of quaternary nitrogens is 1. The van der Waals surface area contributed by atoms with Gasteiger partial charge in [-0.05, 0) is 80.0 Å². The summed E-state index contributed by atoms with van der Waals surface area (Å²) >= 11 is 7.14. The summed E-state index contributed by atoms with van der Waals surface area (Å²) in [5.41, 5.74) is 0.716. The second kappa shape index (κ2) is 22.5. The summed E-state index contributed by atoms with van der Waals surface area (Å²) < 4.78 is 57.1. The van der Waals surface area contributed by atoms with Gasteiger partial charge in [-0.2, -0.15) is 18.4 Å². The van der Waals surface area contributed by atoms with Gasteiger partial charge in [0.25, 0.3) is 5.11 Å². The molecule has 2 saturated heterocycles. The number of aliphatic hydroxyl groups is 1. The van der Waals surface area contributed by atoms with E-state index in [4.69, 9.17) is 26.4 Å². The fourth-order valence-corrected chi connectivity index (χ4v) is 9.50. The Morgan fingerprint density at radius 1 is 1.01 bits per heavy atom. The predicted octanol–water partition coefficient (Wildman–Crippen LogP) is 7.48. The van der Waals surface area contributed by atoms with Crippen LogP contribution < -0.4 is 24.9 Å². The molecule has 3 heterocycles. The Morgan fingerprint density at radius 2 is 1.70 bits per heavy atom. The van der Waals surface area contributed by atoms with Crippen LogP contribution in [0.2, 0.25) is 0 Å². The molecule has 370 valence electrons. The summed E-state index contributed by atoms with van der Waals surface area (Å²) in [6.45, 7) is 10.3. The van der Waals surface area contributed by atoms with Gasteiger partial charge in [0.1, 0.15) is 36.7 Å². The molecule has 6 rings (SSSR count). The Bertz CT molecular complexity index is 2460. The molecule has 2 unspecified atom stereocenters. The molecule has 3 N–H and O–H groups in total. The van der Waals surface area contributed by atoms with E-state index in [9.17, 15) is 43.1 Å². The van der Waals surface area contributed by atoms with Crippen molar-refractivity contribution < 1.29 is 46.9 Å². The maximum Gasteiger partial charge on any atom is 0.417 e. The molecule has 69 heavy (non-hydrogen) atoms. The van der Waals surface area contributed by atoms with Gasteiger partial charge >= 0.3 is 6.18 Å². The fourth-order valence-electron chi connectivity index (χ4n) is 8.35. The topological polar surface area (TPSA) is 189 Å². The third-order valence-corrected chi connectivity index (χ3v) is 13.1. The van der Waals surface area contributed by atoms with Gasteiger partial charge in [0.2, 0.25) is 17.7 Å². The minimum Gasteiger partial charge on any atom is -0.620 e. The molecule has 0 bridgehead atoms. The van der Waals surface area contributed by atoms with E-state index in [0.29, 0.717) is 56.6 Å². The number of rotatable bonds is 20. The highest BCUT2D eigenvalue weighted by atomic mass is 32.1. The standard InChI is InChI=1S/C49H58F3N7O8S2/c1-47(2,3)43(45(63)57-28-37(60)24-40(57)44(62)55-26-32-9-11-33(12-10-32)41-27-54-31-69-41)56-42(61)29-66-21-8-20-65-19-6-7-22-67-38-17-14-35(15-18-38)58-46(68)59(64,30-48(58,4)5)36-16-13-34(25-53)39(23-36)49(50,51)52/h9-18,23,27,31,37,40,43,60H,6-8,19-22,24,26,28-30H2,1-5H3,(H,55,62)(H,56,61)/t37-,40+,43?,59?/m1/s1. The van der Waals surface area contributed by atoms with Gasteiger partial charge in [-0.25, -0.2) is 0 Å². The fraction of sp³-hybridized carbons (Fsp3) is 0.469. The predicted molar refractivity (Wildman–Crippen MR) is 260 cm³/mol. The number of thiocarbonyl (C=S) groups is 1. The van der Waals surface area contributed by atoms with Crippen molar-refractivity contribution in [1.82, 2.24) is 25.2 Å². The third kappa shape index (κ3) is 13.2. The van der Waals surface area contributed by atoms with Crippen molar-refractivity contribution in [3.8, 4) is 22.3 Å². The number of unbranched alkanes of at least 4 members (excludes halogenated alkanes) is 1. The number of nitrogens with one attached hydrogen (secondary N) is 2. The van der Waals surface area contributed by atoms with Crippen molar-refractivity contribution in [3.05, 3.63) is 100 Å². The van der Waals surface area contributed by atoms with Crippen LogP contribution in [0, 0.1) is 22.0 Å². The Kier molecular flexibility index (Phi) is 17.2. The number of likely N-dealkylation sites (tertiary alicyclic amines) is 1. The Morgan fingerprint density at radius 3 is 2.35 bits per heavy atom. The van der Waals surface area contributed by atoms with Crippen LogP contribution in [0.3, 0.4) is 0 Å². The molecule has 2 aliphatic heterocycles. The highest BCUT2D eigenvalue weighted by Gasteiger charge is 2.52. The molecular weight excluding hydrogens is 936 g/mol. The first kappa shape index (κ1) is 52.8. The molecule has 4 aromatic rings. The number of benzene rings is 3. The Balaban J connectivity index is 0.864. The molecule has 20 heteroatoms. The van der Waals surface area contributed by atoms with Gasteiger partial charge in [0.15, 0.2) is 0 Å². The molecule has 0 saturated carbocycles. The average Bonchev–Trinajstić information content (AvgIpc) is 4.03. The van der Waals surface area contributed by atoms with Crippen LogP contribution in [0.15, 0.2) is 78.4 Å². The number of nitrogens with zero attached hydrogens (tertiary/aromatic N) is 5. The number of anilines is 1. The van der Waals surface area contributed by atoms with Crippen molar-refractivity contribution in [1.29, 1.82) is 5.26 Å². The highest BCUT2D eigenvalue weighted by molar-refractivity contribution is 7.80. The summed E-state index contributed by atoms with van der Waals surface area (Å²) in [4.78, 5) is 48.4. The number of aliphatic hydroxyl groups excluding tert-OH is 1. The number of alkyl halides is 3. The van der Waals surface area contributed by atoms with E-state index < -0.39 is 62.9 Å². The number of thiazole rings is 1. The van der Waals surface area contributed by atoms with Gasteiger partial charge in [-0.3, -0.25) is 28.9 Å².